The SMILES string of the molecule is COC(=O)CCNCCCCC[SiH2]O[SiH3]. The van der Waals surface area contributed by atoms with E-state index in [2.05, 4.69) is 10.1 Å². The number of unbranched alkanes of at least 4 members (excludes halogenated alkanes) is 2. The minimum atomic E-state index is -0.156. The number of rotatable bonds is 10. The molecule has 0 unspecified atom stereocenters. The molecule has 6 heteroatoms. The van der Waals surface area contributed by atoms with Crippen LogP contribution in [0.4, 0.5) is 0 Å². The average molecular weight is 249 g/mol. The van der Waals surface area contributed by atoms with Crippen LogP contribution in [0.5, 0.6) is 0 Å². The van der Waals surface area contributed by atoms with Gasteiger partial charge in [0.2, 0.25) is 0 Å². The highest BCUT2D eigenvalue weighted by atomic mass is 28.3. The maximum absolute atomic E-state index is 10.8. The first-order valence-electron chi connectivity index (χ1n) is 5.57. The molecule has 0 amide bonds. The molecule has 0 aromatic heterocycles. The standard InChI is InChI=1S/C9H23NO3Si2/c1-12-9(11)5-7-10-6-3-2-4-8-15-13-14/h10H,2-8,15H2,1,14H3. The predicted octanol–water partition coefficient (Wildman–Crippen LogP) is -0.892. The summed E-state index contributed by atoms with van der Waals surface area (Å²) in [7, 11) is 2.18. The van der Waals surface area contributed by atoms with Crippen molar-refractivity contribution in [3.63, 3.8) is 0 Å². The first kappa shape index (κ1) is 14.8. The molecule has 0 radical (unpaired) electrons. The van der Waals surface area contributed by atoms with E-state index in [1.54, 1.807) is 0 Å². The van der Waals surface area contributed by atoms with E-state index in [4.69, 9.17) is 4.12 Å². The Labute approximate surface area is 97.6 Å². The molecule has 0 aliphatic heterocycles. The third-order valence-electron chi connectivity index (χ3n) is 2.19. The molecule has 0 aliphatic rings. The number of ether oxygens (including phenoxy) is 1. The molecule has 0 fully saturated rings. The number of methoxy groups -OCH3 is 1. The van der Waals surface area contributed by atoms with Crippen LogP contribution in [0.25, 0.3) is 0 Å². The number of nitrogens with one attached hydrogen (secondary N) is 1. The van der Waals surface area contributed by atoms with Crippen LogP contribution in [-0.4, -0.2) is 46.4 Å². The Morgan fingerprint density at radius 3 is 2.80 bits per heavy atom. The summed E-state index contributed by atoms with van der Waals surface area (Å²) in [5, 5.41) is 3.23. The fourth-order valence-corrected chi connectivity index (χ4v) is 2.98. The van der Waals surface area contributed by atoms with E-state index in [-0.39, 0.29) is 15.7 Å². The van der Waals surface area contributed by atoms with Gasteiger partial charge in [0.15, 0.2) is 0 Å². The van der Waals surface area contributed by atoms with Gasteiger partial charge in [0.1, 0.15) is 20.2 Å². The molecule has 90 valence electrons. The molecule has 0 atom stereocenters. The van der Waals surface area contributed by atoms with E-state index < -0.39 is 0 Å². The highest BCUT2D eigenvalue weighted by molar-refractivity contribution is 6.34. The predicted molar refractivity (Wildman–Crippen MR) is 67.7 cm³/mol. The zero-order chi connectivity index (χ0) is 11.4. The molecule has 0 aromatic rings. The van der Waals surface area contributed by atoms with Crippen molar-refractivity contribution in [1.82, 2.24) is 5.32 Å². The summed E-state index contributed by atoms with van der Waals surface area (Å²) in [6, 6.07) is 1.31. The molecule has 0 bridgehead atoms. The summed E-state index contributed by atoms with van der Waals surface area (Å²) in [6.45, 7) is 1.73. The van der Waals surface area contributed by atoms with Crippen molar-refractivity contribution >= 4 is 26.2 Å². The van der Waals surface area contributed by atoms with E-state index in [1.807, 2.05) is 0 Å². The van der Waals surface area contributed by atoms with Crippen LogP contribution in [0, 0.1) is 0 Å². The lowest BCUT2D eigenvalue weighted by Gasteiger charge is -2.03. The van der Waals surface area contributed by atoms with E-state index in [0.29, 0.717) is 6.42 Å². The number of hydrogen-bond donors (Lipinski definition) is 1. The van der Waals surface area contributed by atoms with Crippen LogP contribution in [0.3, 0.4) is 0 Å². The molecule has 0 rings (SSSR count). The highest BCUT2D eigenvalue weighted by Crippen LogP contribution is 1.98. The summed E-state index contributed by atoms with van der Waals surface area (Å²) in [5.74, 6) is -0.141. The van der Waals surface area contributed by atoms with Crippen molar-refractivity contribution in [2.24, 2.45) is 0 Å². The molecule has 0 saturated carbocycles. The third kappa shape index (κ3) is 11.8. The van der Waals surface area contributed by atoms with Crippen molar-refractivity contribution < 1.29 is 13.6 Å². The lowest BCUT2D eigenvalue weighted by Crippen LogP contribution is -2.19. The smallest absolute Gasteiger partial charge is 0.306 e. The minimum absolute atomic E-state index is 0.141. The van der Waals surface area contributed by atoms with Crippen molar-refractivity contribution in [1.29, 1.82) is 0 Å². The summed E-state index contributed by atoms with van der Waals surface area (Å²) >= 11 is 0. The van der Waals surface area contributed by atoms with Gasteiger partial charge in [0, 0.05) is 6.54 Å². The molecule has 0 spiro atoms. The maximum atomic E-state index is 10.8. The van der Waals surface area contributed by atoms with Gasteiger partial charge < -0.3 is 14.2 Å². The second-order valence-electron chi connectivity index (χ2n) is 3.48. The topological polar surface area (TPSA) is 47.6 Å². The van der Waals surface area contributed by atoms with Crippen molar-refractivity contribution in [2.45, 2.75) is 31.7 Å². The monoisotopic (exact) mass is 249 g/mol. The number of carbonyl (C=O) groups is 1. The summed E-state index contributed by atoms with van der Waals surface area (Å²) in [5.41, 5.74) is 0. The normalized spacial score (nSPS) is 11.3. The number of hydrogen-bond acceptors (Lipinski definition) is 4. The van der Waals surface area contributed by atoms with Gasteiger partial charge in [-0.25, -0.2) is 0 Å². The van der Waals surface area contributed by atoms with E-state index in [1.165, 1.54) is 32.4 Å². The molecule has 1 N–H and O–H groups in total. The van der Waals surface area contributed by atoms with Crippen LogP contribution >= 0.6 is 0 Å². The van der Waals surface area contributed by atoms with Gasteiger partial charge in [-0.15, -0.1) is 0 Å². The van der Waals surface area contributed by atoms with Gasteiger partial charge in [-0.2, -0.15) is 0 Å². The largest absolute Gasteiger partial charge is 0.469 e. The molecule has 0 saturated heterocycles. The number of carbonyl (C=O) groups excluding carboxylic acids is 1. The summed E-state index contributed by atoms with van der Waals surface area (Å²) in [4.78, 5) is 10.8. The second-order valence-corrected chi connectivity index (χ2v) is 6.91. The van der Waals surface area contributed by atoms with Gasteiger partial charge in [-0.05, 0) is 19.0 Å². The quantitative estimate of drug-likeness (QED) is 0.310. The van der Waals surface area contributed by atoms with Gasteiger partial charge in [-0.3, -0.25) is 4.79 Å². The van der Waals surface area contributed by atoms with Gasteiger partial charge in [-0.1, -0.05) is 12.8 Å². The molecule has 4 nitrogen and oxygen atoms in total. The molecule has 0 aromatic carbocycles. The minimum Gasteiger partial charge on any atom is -0.469 e. The Morgan fingerprint density at radius 1 is 1.33 bits per heavy atom. The average Bonchev–Trinajstić information content (AvgIpc) is 2.26. The third-order valence-corrected chi connectivity index (χ3v) is 4.61. The van der Waals surface area contributed by atoms with Crippen molar-refractivity contribution in [3.05, 3.63) is 0 Å². The summed E-state index contributed by atoms with van der Waals surface area (Å²) < 4.78 is 9.77. The zero-order valence-electron chi connectivity index (χ0n) is 9.88. The number of esters is 1. The first-order valence-corrected chi connectivity index (χ1v) is 7.97. The maximum Gasteiger partial charge on any atom is 0.306 e. The lowest BCUT2D eigenvalue weighted by molar-refractivity contribution is -0.140. The Balaban J connectivity index is 2.95. The van der Waals surface area contributed by atoms with Crippen LogP contribution in [0.2, 0.25) is 6.04 Å². The van der Waals surface area contributed by atoms with Crippen LogP contribution in [0.15, 0.2) is 0 Å². The van der Waals surface area contributed by atoms with Crippen LogP contribution in [0.1, 0.15) is 25.7 Å². The van der Waals surface area contributed by atoms with Crippen molar-refractivity contribution in [2.75, 3.05) is 20.2 Å². The Morgan fingerprint density at radius 2 is 2.13 bits per heavy atom. The van der Waals surface area contributed by atoms with E-state index in [9.17, 15) is 4.79 Å². The second kappa shape index (κ2) is 11.9. The van der Waals surface area contributed by atoms with E-state index in [0.717, 1.165) is 23.6 Å². The molecular weight excluding hydrogens is 226 g/mol. The highest BCUT2D eigenvalue weighted by Gasteiger charge is 1.97. The summed E-state index contributed by atoms with van der Waals surface area (Å²) in [6.07, 6.45) is 4.23. The van der Waals surface area contributed by atoms with Gasteiger partial charge in [0.05, 0.1) is 13.5 Å². The van der Waals surface area contributed by atoms with Crippen molar-refractivity contribution in [3.8, 4) is 0 Å². The Kier molecular flexibility index (Phi) is 11.8. The molecule has 0 heterocycles. The molecule has 0 aliphatic carbocycles. The lowest BCUT2D eigenvalue weighted by atomic mass is 10.2. The van der Waals surface area contributed by atoms with E-state index >= 15 is 0 Å². The van der Waals surface area contributed by atoms with Crippen LogP contribution in [-0.2, 0) is 13.6 Å². The fourth-order valence-electron chi connectivity index (χ4n) is 1.27. The fraction of sp³-hybridized carbons (Fsp3) is 0.889. The van der Waals surface area contributed by atoms with Gasteiger partial charge >= 0.3 is 5.97 Å². The van der Waals surface area contributed by atoms with Gasteiger partial charge in [0.25, 0.3) is 0 Å². The molecule has 15 heavy (non-hydrogen) atoms. The zero-order valence-corrected chi connectivity index (χ0v) is 13.3. The Bertz CT molecular complexity index is 158. The first-order chi connectivity index (χ1) is 7.31. The van der Waals surface area contributed by atoms with Crippen LogP contribution < -0.4 is 5.32 Å². The molecular formula is C9H23NO3Si2. The Hall–Kier alpha value is -0.176.